The van der Waals surface area contributed by atoms with Crippen LogP contribution in [0.2, 0.25) is 0 Å². The molecule has 36 heavy (non-hydrogen) atoms. The van der Waals surface area contributed by atoms with Gasteiger partial charge in [0.25, 0.3) is 11.8 Å². The van der Waals surface area contributed by atoms with Gasteiger partial charge in [-0.15, -0.1) is 0 Å². The normalized spacial score (nSPS) is 21.4. The van der Waals surface area contributed by atoms with E-state index >= 15 is 0 Å². The molecule has 2 aliphatic rings. The number of hydrogen-bond acceptors (Lipinski definition) is 7. The zero-order valence-corrected chi connectivity index (χ0v) is 23.0. The molecular formula is C26H34BrN5O4. The molecule has 2 saturated heterocycles. The van der Waals surface area contributed by atoms with Crippen LogP contribution in [0, 0.1) is 11.8 Å². The number of likely N-dealkylation sites (tertiary alicyclic amines) is 1. The van der Waals surface area contributed by atoms with E-state index in [4.69, 9.17) is 4.74 Å². The predicted molar refractivity (Wildman–Crippen MR) is 141 cm³/mol. The highest BCUT2D eigenvalue weighted by Gasteiger charge is 2.43. The van der Waals surface area contributed by atoms with E-state index in [0.717, 1.165) is 38.8 Å². The molecule has 2 aromatic rings. The van der Waals surface area contributed by atoms with Crippen LogP contribution < -0.4 is 10.7 Å². The van der Waals surface area contributed by atoms with Gasteiger partial charge in [-0.05, 0) is 57.4 Å². The number of rotatable bonds is 5. The third kappa shape index (κ3) is 5.81. The molecule has 2 atom stereocenters. The van der Waals surface area contributed by atoms with E-state index in [-0.39, 0.29) is 35.8 Å². The average molecular weight is 560 g/mol. The quantitative estimate of drug-likeness (QED) is 0.521. The minimum absolute atomic E-state index is 0.250. The van der Waals surface area contributed by atoms with E-state index in [1.807, 2.05) is 45.0 Å². The lowest BCUT2D eigenvalue weighted by Crippen LogP contribution is -2.46. The summed E-state index contributed by atoms with van der Waals surface area (Å²) in [5, 5.41) is 5.69. The molecule has 3 heterocycles. The Morgan fingerprint density at radius 3 is 2.36 bits per heavy atom. The van der Waals surface area contributed by atoms with Gasteiger partial charge in [0.1, 0.15) is 11.4 Å². The van der Waals surface area contributed by atoms with E-state index in [1.54, 1.807) is 18.7 Å². The molecule has 0 saturated carbocycles. The van der Waals surface area contributed by atoms with Crippen molar-refractivity contribution in [3.05, 3.63) is 34.3 Å². The molecule has 0 aliphatic carbocycles. The van der Waals surface area contributed by atoms with Crippen LogP contribution in [0.25, 0.3) is 10.9 Å². The Kier molecular flexibility index (Phi) is 7.56. The van der Waals surface area contributed by atoms with Crippen molar-refractivity contribution in [2.24, 2.45) is 11.8 Å². The van der Waals surface area contributed by atoms with E-state index in [9.17, 15) is 14.4 Å². The summed E-state index contributed by atoms with van der Waals surface area (Å²) in [6, 6.07) is 8.03. The summed E-state index contributed by atoms with van der Waals surface area (Å²) in [6.45, 7) is 11.0. The van der Waals surface area contributed by atoms with Gasteiger partial charge in [-0.2, -0.15) is 5.01 Å². The maximum Gasteiger partial charge on any atom is 0.410 e. The van der Waals surface area contributed by atoms with Crippen LogP contribution in [0.1, 0.15) is 53.0 Å². The van der Waals surface area contributed by atoms with Crippen LogP contribution in [0.3, 0.4) is 0 Å². The SMILES string of the molecule is CC1C(=O)N(Nc2cc(CNC3CCN(C(=O)OC(C)(C)C)CC3)c3ccc(Br)cc3n2)C(=O)C1C. The molecule has 3 amide bonds. The Bertz CT molecular complexity index is 1150. The molecule has 10 heteroatoms. The maximum atomic E-state index is 12.6. The van der Waals surface area contributed by atoms with Gasteiger partial charge < -0.3 is 15.0 Å². The molecule has 0 spiro atoms. The highest BCUT2D eigenvalue weighted by molar-refractivity contribution is 9.10. The molecule has 2 N–H and O–H groups in total. The number of aromatic nitrogens is 1. The average Bonchev–Trinajstić information content (AvgIpc) is 2.99. The topological polar surface area (TPSA) is 104 Å². The predicted octanol–water partition coefficient (Wildman–Crippen LogP) is 4.45. The van der Waals surface area contributed by atoms with Crippen LogP contribution in [-0.2, 0) is 20.9 Å². The first-order valence-electron chi connectivity index (χ1n) is 12.4. The fourth-order valence-corrected chi connectivity index (χ4v) is 4.84. The molecule has 0 bridgehead atoms. The Morgan fingerprint density at radius 2 is 1.75 bits per heavy atom. The lowest BCUT2D eigenvalue weighted by Gasteiger charge is -2.34. The first-order valence-corrected chi connectivity index (χ1v) is 13.2. The number of hydrogen-bond donors (Lipinski definition) is 2. The van der Waals surface area contributed by atoms with Crippen molar-refractivity contribution >= 4 is 50.6 Å². The standard InChI is InChI=1S/C26H34BrN5O4/c1-15-16(2)24(34)32(23(15)33)30-22-12-17(20-7-6-18(27)13-21(20)29-22)14-28-19-8-10-31(11-9-19)25(35)36-26(3,4)5/h6-7,12-13,15-16,19,28H,8-11,14H2,1-5H3,(H,29,30). The summed E-state index contributed by atoms with van der Waals surface area (Å²) in [4.78, 5) is 43.9. The summed E-state index contributed by atoms with van der Waals surface area (Å²) >= 11 is 3.50. The molecule has 2 unspecified atom stereocenters. The number of piperidine rings is 1. The molecule has 9 nitrogen and oxygen atoms in total. The number of hydrazine groups is 1. The molecule has 2 fully saturated rings. The Balaban J connectivity index is 1.46. The molecule has 1 aromatic heterocycles. The van der Waals surface area contributed by atoms with Gasteiger partial charge in [-0.25, -0.2) is 9.78 Å². The maximum absolute atomic E-state index is 12.6. The van der Waals surface area contributed by atoms with Gasteiger partial charge in [0.2, 0.25) is 0 Å². The molecule has 4 rings (SSSR count). The Morgan fingerprint density at radius 1 is 1.11 bits per heavy atom. The molecular weight excluding hydrogens is 526 g/mol. The van der Waals surface area contributed by atoms with E-state index in [0.29, 0.717) is 25.5 Å². The van der Waals surface area contributed by atoms with Gasteiger partial charge in [0, 0.05) is 47.4 Å². The van der Waals surface area contributed by atoms with Crippen LogP contribution in [0.5, 0.6) is 0 Å². The van der Waals surface area contributed by atoms with E-state index < -0.39 is 5.60 Å². The molecule has 194 valence electrons. The number of amides is 3. The minimum atomic E-state index is -0.504. The minimum Gasteiger partial charge on any atom is -0.444 e. The summed E-state index contributed by atoms with van der Waals surface area (Å²) in [6.07, 6.45) is 1.38. The fraction of sp³-hybridized carbons (Fsp3) is 0.538. The van der Waals surface area contributed by atoms with Crippen molar-refractivity contribution in [3.63, 3.8) is 0 Å². The second kappa shape index (κ2) is 10.3. The van der Waals surface area contributed by atoms with Crippen molar-refractivity contribution in [1.82, 2.24) is 20.2 Å². The third-order valence-corrected chi connectivity index (χ3v) is 7.27. The second-order valence-electron chi connectivity index (χ2n) is 10.7. The van der Waals surface area contributed by atoms with E-state index in [2.05, 4.69) is 31.7 Å². The molecule has 0 radical (unpaired) electrons. The summed E-state index contributed by atoms with van der Waals surface area (Å²) in [7, 11) is 0. The van der Waals surface area contributed by atoms with Gasteiger partial charge in [0.15, 0.2) is 0 Å². The zero-order valence-electron chi connectivity index (χ0n) is 21.4. The number of imide groups is 1. The summed E-state index contributed by atoms with van der Waals surface area (Å²) < 4.78 is 6.38. The monoisotopic (exact) mass is 559 g/mol. The highest BCUT2D eigenvalue weighted by Crippen LogP contribution is 2.28. The van der Waals surface area contributed by atoms with Crippen molar-refractivity contribution in [2.75, 3.05) is 18.5 Å². The number of pyridine rings is 1. The second-order valence-corrected chi connectivity index (χ2v) is 11.6. The lowest BCUT2D eigenvalue weighted by molar-refractivity contribution is -0.138. The number of halogens is 1. The molecule has 1 aromatic carbocycles. The number of anilines is 1. The van der Waals surface area contributed by atoms with E-state index in [1.165, 1.54) is 0 Å². The van der Waals surface area contributed by atoms with Crippen LogP contribution in [0.4, 0.5) is 10.6 Å². The number of fused-ring (bicyclic) bond motifs is 1. The smallest absolute Gasteiger partial charge is 0.410 e. The number of nitrogens with zero attached hydrogens (tertiary/aromatic N) is 3. The first kappa shape index (κ1) is 26.3. The van der Waals surface area contributed by atoms with Crippen molar-refractivity contribution in [3.8, 4) is 0 Å². The van der Waals surface area contributed by atoms with Crippen molar-refractivity contribution < 1.29 is 19.1 Å². The summed E-state index contributed by atoms with van der Waals surface area (Å²) in [5.41, 5.74) is 4.21. The zero-order chi connectivity index (χ0) is 26.2. The van der Waals surface area contributed by atoms with Gasteiger partial charge in [-0.1, -0.05) is 35.8 Å². The van der Waals surface area contributed by atoms with Crippen LogP contribution >= 0.6 is 15.9 Å². The van der Waals surface area contributed by atoms with Crippen molar-refractivity contribution in [1.29, 1.82) is 0 Å². The number of carbonyl (C=O) groups excluding carboxylic acids is 3. The van der Waals surface area contributed by atoms with Crippen LogP contribution in [-0.4, -0.2) is 57.5 Å². The lowest BCUT2D eigenvalue weighted by atomic mass is 10.00. The van der Waals surface area contributed by atoms with Gasteiger partial charge in [-0.3, -0.25) is 15.0 Å². The van der Waals surface area contributed by atoms with Crippen molar-refractivity contribution in [2.45, 2.75) is 65.6 Å². The fourth-order valence-electron chi connectivity index (χ4n) is 4.49. The highest BCUT2D eigenvalue weighted by atomic mass is 79.9. The largest absolute Gasteiger partial charge is 0.444 e. The number of benzene rings is 1. The first-order chi connectivity index (χ1) is 16.9. The number of carbonyl (C=O) groups is 3. The molecule has 2 aliphatic heterocycles. The number of ether oxygens (including phenoxy) is 1. The van der Waals surface area contributed by atoms with Gasteiger partial charge >= 0.3 is 6.09 Å². The third-order valence-electron chi connectivity index (χ3n) is 6.78. The Labute approximate surface area is 220 Å². The van der Waals surface area contributed by atoms with Crippen LogP contribution in [0.15, 0.2) is 28.7 Å². The van der Waals surface area contributed by atoms with Gasteiger partial charge in [0.05, 0.1) is 5.52 Å². The number of nitrogens with one attached hydrogen (secondary N) is 2. The Hall–Kier alpha value is -2.72. The summed E-state index contributed by atoms with van der Waals surface area (Å²) in [5.74, 6) is -0.792.